The Morgan fingerprint density at radius 1 is 1.38 bits per heavy atom. The van der Waals surface area contributed by atoms with Crippen LogP contribution in [0.15, 0.2) is 0 Å². The zero-order chi connectivity index (χ0) is 12.5. The van der Waals surface area contributed by atoms with Gasteiger partial charge in [-0.15, -0.1) is 11.3 Å². The van der Waals surface area contributed by atoms with Crippen LogP contribution < -0.4 is 16.4 Å². The molecule has 4 N–H and O–H groups in total. The van der Waals surface area contributed by atoms with E-state index in [1.807, 2.05) is 0 Å². The molecule has 0 aromatic carbocycles. The number of rotatable bonds is 3. The molecule has 0 aliphatic rings. The predicted octanol–water partition coefficient (Wildman–Crippen LogP) is 0.282. The Morgan fingerprint density at radius 2 is 1.94 bits per heavy atom. The van der Waals surface area contributed by atoms with Crippen molar-refractivity contribution in [3.8, 4) is 0 Å². The van der Waals surface area contributed by atoms with Crippen molar-refractivity contribution in [3.63, 3.8) is 0 Å². The van der Waals surface area contributed by atoms with Crippen molar-refractivity contribution in [2.24, 2.45) is 5.73 Å². The number of amides is 1. The van der Waals surface area contributed by atoms with Crippen molar-refractivity contribution in [1.29, 1.82) is 0 Å². The first kappa shape index (κ1) is 12.3. The number of carbonyl (C=O) groups is 2. The second-order valence-corrected chi connectivity index (χ2v) is 4.27. The van der Waals surface area contributed by atoms with Crippen molar-refractivity contribution < 1.29 is 14.3 Å². The van der Waals surface area contributed by atoms with E-state index in [1.54, 1.807) is 19.0 Å². The summed E-state index contributed by atoms with van der Waals surface area (Å²) in [4.78, 5) is 24.5. The summed E-state index contributed by atoms with van der Waals surface area (Å²) >= 11 is 1.08. The van der Waals surface area contributed by atoms with E-state index in [4.69, 9.17) is 11.5 Å². The van der Waals surface area contributed by atoms with E-state index in [2.05, 4.69) is 4.74 Å². The van der Waals surface area contributed by atoms with Gasteiger partial charge in [0.1, 0.15) is 9.88 Å². The Kier molecular flexibility index (Phi) is 3.38. The summed E-state index contributed by atoms with van der Waals surface area (Å²) in [6.45, 7) is 0. The lowest BCUT2D eigenvalue weighted by Gasteiger charge is -2.10. The van der Waals surface area contributed by atoms with Gasteiger partial charge in [0.15, 0.2) is 0 Å². The van der Waals surface area contributed by atoms with E-state index >= 15 is 0 Å². The molecule has 0 fully saturated rings. The highest BCUT2D eigenvalue weighted by atomic mass is 32.1. The molecular formula is C9H13N3O3S. The molecule has 1 aromatic rings. The molecule has 0 radical (unpaired) electrons. The Labute approximate surface area is 96.8 Å². The SMILES string of the molecule is COC(=O)c1sc(N(C)C)c(C(N)=O)c1N. The third-order valence-corrected chi connectivity index (χ3v) is 3.30. The number of hydrogen-bond donors (Lipinski definition) is 2. The van der Waals surface area contributed by atoms with Gasteiger partial charge in [0.2, 0.25) is 0 Å². The smallest absolute Gasteiger partial charge is 0.350 e. The molecule has 0 bridgehead atoms. The van der Waals surface area contributed by atoms with Crippen LogP contribution in [0.25, 0.3) is 0 Å². The number of ether oxygens (including phenoxy) is 1. The molecule has 1 amide bonds. The van der Waals surface area contributed by atoms with Gasteiger partial charge in [-0.1, -0.05) is 0 Å². The fourth-order valence-corrected chi connectivity index (χ4v) is 2.30. The Balaban J connectivity index is 3.41. The quantitative estimate of drug-likeness (QED) is 0.743. The third-order valence-electron chi connectivity index (χ3n) is 1.95. The number of anilines is 2. The van der Waals surface area contributed by atoms with Gasteiger partial charge in [-0.05, 0) is 0 Å². The lowest BCUT2D eigenvalue weighted by molar-refractivity contribution is 0.0607. The third kappa shape index (κ3) is 1.94. The zero-order valence-electron chi connectivity index (χ0n) is 9.23. The maximum atomic E-state index is 11.4. The Bertz CT molecular complexity index is 439. The van der Waals surface area contributed by atoms with Crippen molar-refractivity contribution in [1.82, 2.24) is 0 Å². The molecule has 6 nitrogen and oxygen atoms in total. The molecule has 0 atom stereocenters. The summed E-state index contributed by atoms with van der Waals surface area (Å²) in [5.41, 5.74) is 11.2. The standard InChI is InChI=1S/C9H13N3O3S/c1-12(2)8-4(7(11)13)5(10)6(16-8)9(14)15-3/h10H2,1-3H3,(H2,11,13). The topological polar surface area (TPSA) is 98.6 Å². The molecule has 88 valence electrons. The average molecular weight is 243 g/mol. The number of nitrogen functional groups attached to an aromatic ring is 1. The highest BCUT2D eigenvalue weighted by Gasteiger charge is 2.25. The number of thiophene rings is 1. The average Bonchev–Trinajstić information content (AvgIpc) is 2.55. The zero-order valence-corrected chi connectivity index (χ0v) is 10.1. The molecule has 16 heavy (non-hydrogen) atoms. The first-order valence-corrected chi connectivity index (χ1v) is 5.19. The van der Waals surface area contributed by atoms with Gasteiger partial charge in [0.05, 0.1) is 18.4 Å². The second-order valence-electron chi connectivity index (χ2n) is 3.28. The molecule has 0 aliphatic heterocycles. The number of hydrogen-bond acceptors (Lipinski definition) is 6. The number of methoxy groups -OCH3 is 1. The molecule has 1 aromatic heterocycles. The van der Waals surface area contributed by atoms with Crippen LogP contribution >= 0.6 is 11.3 Å². The second kappa shape index (κ2) is 4.40. The van der Waals surface area contributed by atoms with E-state index in [-0.39, 0.29) is 16.1 Å². The monoisotopic (exact) mass is 243 g/mol. The van der Waals surface area contributed by atoms with Crippen molar-refractivity contribution >= 4 is 33.9 Å². The number of nitrogens with two attached hydrogens (primary N) is 2. The largest absolute Gasteiger partial charge is 0.465 e. The van der Waals surface area contributed by atoms with Crippen molar-refractivity contribution in [2.75, 3.05) is 31.8 Å². The van der Waals surface area contributed by atoms with Crippen LogP contribution in [0.3, 0.4) is 0 Å². The molecule has 0 aliphatic carbocycles. The predicted molar refractivity (Wildman–Crippen MR) is 62.9 cm³/mol. The molecule has 0 saturated heterocycles. The maximum Gasteiger partial charge on any atom is 0.350 e. The minimum atomic E-state index is -0.660. The molecule has 7 heteroatoms. The summed E-state index contributed by atoms with van der Waals surface area (Å²) in [7, 11) is 4.72. The van der Waals surface area contributed by atoms with Crippen LogP contribution in [0.5, 0.6) is 0 Å². The number of esters is 1. The van der Waals surface area contributed by atoms with Gasteiger partial charge in [-0.3, -0.25) is 4.79 Å². The minimum absolute atomic E-state index is 0.0769. The first-order valence-electron chi connectivity index (χ1n) is 4.37. The summed E-state index contributed by atoms with van der Waals surface area (Å²) in [5.74, 6) is -1.23. The van der Waals surface area contributed by atoms with Gasteiger partial charge in [-0.2, -0.15) is 0 Å². The van der Waals surface area contributed by atoms with Gasteiger partial charge in [-0.25, -0.2) is 4.79 Å². The van der Waals surface area contributed by atoms with E-state index in [0.717, 1.165) is 11.3 Å². The van der Waals surface area contributed by atoms with E-state index in [1.165, 1.54) is 7.11 Å². The summed E-state index contributed by atoms with van der Waals surface area (Å²) in [6.07, 6.45) is 0. The highest BCUT2D eigenvalue weighted by Crippen LogP contribution is 2.37. The molecule has 1 heterocycles. The lowest BCUT2D eigenvalue weighted by atomic mass is 10.2. The normalized spacial score (nSPS) is 9.94. The summed E-state index contributed by atoms with van der Waals surface area (Å²) < 4.78 is 4.57. The van der Waals surface area contributed by atoms with Gasteiger partial charge in [0, 0.05) is 14.1 Å². The summed E-state index contributed by atoms with van der Waals surface area (Å²) in [5, 5.41) is 0.547. The van der Waals surface area contributed by atoms with E-state index < -0.39 is 11.9 Å². The van der Waals surface area contributed by atoms with Gasteiger partial charge >= 0.3 is 5.97 Å². The van der Waals surface area contributed by atoms with Crippen LogP contribution in [0.1, 0.15) is 20.0 Å². The summed E-state index contributed by atoms with van der Waals surface area (Å²) in [6, 6.07) is 0. The molecule has 0 spiro atoms. The maximum absolute atomic E-state index is 11.4. The number of carbonyl (C=O) groups excluding carboxylic acids is 2. The first-order chi connectivity index (χ1) is 7.40. The van der Waals surface area contributed by atoms with Crippen LogP contribution in [0.2, 0.25) is 0 Å². The fraction of sp³-hybridized carbons (Fsp3) is 0.333. The fourth-order valence-electron chi connectivity index (χ4n) is 1.23. The number of nitrogens with zero attached hydrogens (tertiary/aromatic N) is 1. The van der Waals surface area contributed by atoms with Crippen molar-refractivity contribution in [3.05, 3.63) is 10.4 Å². The molecule has 0 unspecified atom stereocenters. The van der Waals surface area contributed by atoms with Gasteiger partial charge < -0.3 is 21.1 Å². The lowest BCUT2D eigenvalue weighted by Crippen LogP contribution is -2.18. The highest BCUT2D eigenvalue weighted by molar-refractivity contribution is 7.19. The molecule has 0 saturated carbocycles. The molecular weight excluding hydrogens is 230 g/mol. The van der Waals surface area contributed by atoms with Crippen LogP contribution in [-0.2, 0) is 4.74 Å². The van der Waals surface area contributed by atoms with Crippen LogP contribution in [0.4, 0.5) is 10.7 Å². The van der Waals surface area contributed by atoms with E-state index in [0.29, 0.717) is 5.00 Å². The van der Waals surface area contributed by atoms with Gasteiger partial charge in [0.25, 0.3) is 5.91 Å². The molecule has 1 rings (SSSR count). The van der Waals surface area contributed by atoms with Crippen LogP contribution in [-0.4, -0.2) is 33.1 Å². The Morgan fingerprint density at radius 3 is 2.25 bits per heavy atom. The van der Waals surface area contributed by atoms with Crippen molar-refractivity contribution in [2.45, 2.75) is 0 Å². The van der Waals surface area contributed by atoms with Crippen LogP contribution in [0, 0.1) is 0 Å². The Hall–Kier alpha value is -1.76. The minimum Gasteiger partial charge on any atom is -0.465 e. The number of primary amides is 1. The van der Waals surface area contributed by atoms with E-state index in [9.17, 15) is 9.59 Å².